The molecule has 2 rings (SSSR count). The minimum atomic E-state index is -0.543. The molecule has 1 aromatic rings. The van der Waals surface area contributed by atoms with Crippen LogP contribution in [-0.4, -0.2) is 17.8 Å². The molecule has 0 saturated heterocycles. The molecule has 2 atom stereocenters. The van der Waals surface area contributed by atoms with Gasteiger partial charge in [0, 0.05) is 12.6 Å². The monoisotopic (exact) mass is 241 g/mol. The lowest BCUT2D eigenvalue weighted by atomic mass is 10.1. The highest BCUT2D eigenvalue weighted by Crippen LogP contribution is 2.24. The average molecular weight is 241 g/mol. The normalized spacial score (nSPS) is 24.2. The van der Waals surface area contributed by atoms with Gasteiger partial charge in [0.2, 0.25) is 0 Å². The van der Waals surface area contributed by atoms with E-state index in [-0.39, 0.29) is 6.10 Å². The molecule has 1 saturated carbocycles. The minimum Gasteiger partial charge on any atom is -0.393 e. The second kappa shape index (κ2) is 5.56. The molecule has 0 aromatic heterocycles. The van der Waals surface area contributed by atoms with Crippen LogP contribution in [0.1, 0.15) is 24.8 Å². The van der Waals surface area contributed by atoms with Gasteiger partial charge in [0.1, 0.15) is 11.6 Å². The number of aliphatic hydroxyl groups is 1. The zero-order chi connectivity index (χ0) is 12.3. The van der Waals surface area contributed by atoms with Crippen LogP contribution in [0.5, 0.6) is 0 Å². The number of nitrogens with one attached hydrogen (secondary N) is 1. The summed E-state index contributed by atoms with van der Waals surface area (Å²) in [7, 11) is 0. The molecule has 0 amide bonds. The fourth-order valence-corrected chi connectivity index (χ4v) is 2.37. The Hall–Kier alpha value is -1.00. The van der Waals surface area contributed by atoms with Gasteiger partial charge in [0.05, 0.1) is 6.10 Å². The van der Waals surface area contributed by atoms with E-state index < -0.39 is 11.6 Å². The van der Waals surface area contributed by atoms with Gasteiger partial charge in [-0.15, -0.1) is 0 Å². The smallest absolute Gasteiger partial charge is 0.126 e. The molecule has 2 nitrogen and oxygen atoms in total. The van der Waals surface area contributed by atoms with Gasteiger partial charge < -0.3 is 10.4 Å². The first-order valence-corrected chi connectivity index (χ1v) is 5.97. The van der Waals surface area contributed by atoms with Crippen molar-refractivity contribution in [3.63, 3.8) is 0 Å². The lowest BCUT2D eigenvalue weighted by Crippen LogP contribution is -2.21. The van der Waals surface area contributed by atoms with Crippen molar-refractivity contribution in [3.8, 4) is 0 Å². The predicted octanol–water partition coefficient (Wildman–Crippen LogP) is 2.22. The van der Waals surface area contributed by atoms with Crippen LogP contribution in [0.4, 0.5) is 8.78 Å². The summed E-state index contributed by atoms with van der Waals surface area (Å²) >= 11 is 0. The third kappa shape index (κ3) is 3.75. The van der Waals surface area contributed by atoms with Crippen molar-refractivity contribution in [1.29, 1.82) is 0 Å². The van der Waals surface area contributed by atoms with Crippen LogP contribution in [-0.2, 0) is 6.54 Å². The highest BCUT2D eigenvalue weighted by Gasteiger charge is 2.21. The highest BCUT2D eigenvalue weighted by atomic mass is 19.1. The first-order valence-electron chi connectivity index (χ1n) is 5.97. The zero-order valence-electron chi connectivity index (χ0n) is 9.63. The van der Waals surface area contributed by atoms with Crippen LogP contribution >= 0.6 is 0 Å². The van der Waals surface area contributed by atoms with Crippen LogP contribution in [0.25, 0.3) is 0 Å². The summed E-state index contributed by atoms with van der Waals surface area (Å²) in [6.45, 7) is 1.25. The predicted molar refractivity (Wildman–Crippen MR) is 61.4 cm³/mol. The molecule has 1 aromatic carbocycles. The number of rotatable bonds is 4. The van der Waals surface area contributed by atoms with Gasteiger partial charge in [-0.25, -0.2) is 8.78 Å². The molecular formula is C13H17F2NO. The SMILES string of the molecule is OC1CCC(CNCc2cc(F)cc(F)c2)C1. The number of benzene rings is 1. The average Bonchev–Trinajstić information content (AvgIpc) is 2.63. The van der Waals surface area contributed by atoms with Crippen molar-refractivity contribution >= 4 is 0 Å². The van der Waals surface area contributed by atoms with Gasteiger partial charge in [-0.05, 0) is 49.4 Å². The number of halogens is 2. The Bertz CT molecular complexity index is 363. The van der Waals surface area contributed by atoms with E-state index in [0.29, 0.717) is 18.0 Å². The Morgan fingerprint density at radius 1 is 1.18 bits per heavy atom. The minimum absolute atomic E-state index is 0.173. The Morgan fingerprint density at radius 2 is 1.88 bits per heavy atom. The van der Waals surface area contributed by atoms with Gasteiger partial charge in [-0.3, -0.25) is 0 Å². The van der Waals surface area contributed by atoms with Crippen molar-refractivity contribution in [2.75, 3.05) is 6.54 Å². The molecule has 17 heavy (non-hydrogen) atoms. The maximum Gasteiger partial charge on any atom is 0.126 e. The van der Waals surface area contributed by atoms with Gasteiger partial charge in [-0.2, -0.15) is 0 Å². The molecule has 2 unspecified atom stereocenters. The quantitative estimate of drug-likeness (QED) is 0.847. The summed E-state index contributed by atoms with van der Waals surface area (Å²) in [5.74, 6) is -0.611. The molecule has 1 fully saturated rings. The first kappa shape index (κ1) is 12.5. The molecular weight excluding hydrogens is 224 g/mol. The van der Waals surface area contributed by atoms with E-state index in [2.05, 4.69) is 5.32 Å². The van der Waals surface area contributed by atoms with Gasteiger partial charge in [-0.1, -0.05) is 0 Å². The molecule has 2 N–H and O–H groups in total. The molecule has 0 radical (unpaired) electrons. The second-order valence-corrected chi connectivity index (χ2v) is 4.74. The largest absolute Gasteiger partial charge is 0.393 e. The molecule has 0 bridgehead atoms. The van der Waals surface area contributed by atoms with Crippen molar-refractivity contribution < 1.29 is 13.9 Å². The van der Waals surface area contributed by atoms with Crippen molar-refractivity contribution in [1.82, 2.24) is 5.32 Å². The third-order valence-corrected chi connectivity index (χ3v) is 3.20. The topological polar surface area (TPSA) is 32.3 Å². The van der Waals surface area contributed by atoms with E-state index in [0.717, 1.165) is 31.9 Å². The Morgan fingerprint density at radius 3 is 2.47 bits per heavy atom. The van der Waals surface area contributed by atoms with Crippen molar-refractivity contribution in [2.45, 2.75) is 31.9 Å². The molecule has 0 heterocycles. The van der Waals surface area contributed by atoms with E-state index in [9.17, 15) is 13.9 Å². The standard InChI is InChI=1S/C13H17F2NO/c14-11-3-10(4-12(15)6-11)8-16-7-9-1-2-13(17)5-9/h3-4,6,9,13,16-17H,1-2,5,7-8H2. The Kier molecular flexibility index (Phi) is 4.07. The number of hydrogen-bond donors (Lipinski definition) is 2. The van der Waals surface area contributed by atoms with Crippen LogP contribution in [0.2, 0.25) is 0 Å². The molecule has 4 heteroatoms. The summed E-state index contributed by atoms with van der Waals surface area (Å²) in [6.07, 6.45) is 2.53. The fourth-order valence-electron chi connectivity index (χ4n) is 2.37. The highest BCUT2D eigenvalue weighted by molar-refractivity contribution is 5.17. The summed E-state index contributed by atoms with van der Waals surface area (Å²) in [4.78, 5) is 0. The van der Waals surface area contributed by atoms with E-state index in [4.69, 9.17) is 0 Å². The maximum atomic E-state index is 12.9. The molecule has 94 valence electrons. The van der Waals surface area contributed by atoms with Crippen LogP contribution < -0.4 is 5.32 Å². The first-order chi connectivity index (χ1) is 8.13. The Balaban J connectivity index is 1.78. The van der Waals surface area contributed by atoms with E-state index in [1.807, 2.05) is 0 Å². The van der Waals surface area contributed by atoms with E-state index in [1.54, 1.807) is 0 Å². The lowest BCUT2D eigenvalue weighted by molar-refractivity contribution is 0.177. The number of hydrogen-bond acceptors (Lipinski definition) is 2. The molecule has 0 spiro atoms. The van der Waals surface area contributed by atoms with Gasteiger partial charge in [0.25, 0.3) is 0 Å². The fraction of sp³-hybridized carbons (Fsp3) is 0.538. The maximum absolute atomic E-state index is 12.9. The third-order valence-electron chi connectivity index (χ3n) is 3.20. The Labute approximate surface area is 99.7 Å². The summed E-state index contributed by atoms with van der Waals surface area (Å²) < 4.78 is 25.8. The molecule has 1 aliphatic rings. The van der Waals surface area contributed by atoms with Crippen LogP contribution in [0.15, 0.2) is 18.2 Å². The van der Waals surface area contributed by atoms with Crippen molar-refractivity contribution in [3.05, 3.63) is 35.4 Å². The second-order valence-electron chi connectivity index (χ2n) is 4.74. The van der Waals surface area contributed by atoms with Crippen LogP contribution in [0.3, 0.4) is 0 Å². The van der Waals surface area contributed by atoms with E-state index in [1.165, 1.54) is 12.1 Å². The summed E-state index contributed by atoms with van der Waals surface area (Å²) in [6, 6.07) is 3.54. The molecule has 1 aliphatic carbocycles. The summed E-state index contributed by atoms with van der Waals surface area (Å²) in [5.41, 5.74) is 0.612. The van der Waals surface area contributed by atoms with Crippen LogP contribution in [0, 0.1) is 17.6 Å². The van der Waals surface area contributed by atoms with Crippen molar-refractivity contribution in [2.24, 2.45) is 5.92 Å². The van der Waals surface area contributed by atoms with Gasteiger partial charge in [0.15, 0.2) is 0 Å². The zero-order valence-corrected chi connectivity index (χ0v) is 9.63. The lowest BCUT2D eigenvalue weighted by Gasteiger charge is -2.10. The van der Waals surface area contributed by atoms with Gasteiger partial charge >= 0.3 is 0 Å². The number of aliphatic hydroxyl groups excluding tert-OH is 1. The summed E-state index contributed by atoms with van der Waals surface area (Å²) in [5, 5.41) is 12.5. The van der Waals surface area contributed by atoms with E-state index >= 15 is 0 Å². The molecule has 0 aliphatic heterocycles.